The molecule has 0 aromatic carbocycles. The average molecular weight is 365 g/mol. The van der Waals surface area contributed by atoms with Gasteiger partial charge in [-0.1, -0.05) is 26.2 Å². The fourth-order valence-corrected chi connectivity index (χ4v) is 4.40. The van der Waals surface area contributed by atoms with Crippen molar-refractivity contribution in [3.63, 3.8) is 0 Å². The van der Waals surface area contributed by atoms with Crippen LogP contribution in [-0.4, -0.2) is 41.0 Å². The second-order valence-corrected chi connectivity index (χ2v) is 8.20. The van der Waals surface area contributed by atoms with E-state index in [1.54, 1.807) is 0 Å². The minimum absolute atomic E-state index is 0.134. The van der Waals surface area contributed by atoms with Gasteiger partial charge in [-0.2, -0.15) is 0 Å². The number of thiazole rings is 1. The summed E-state index contributed by atoms with van der Waals surface area (Å²) in [5, 5.41) is 8.24. The number of nitrogens with one attached hydrogen (secondary N) is 2. The molecule has 2 fully saturated rings. The summed E-state index contributed by atoms with van der Waals surface area (Å²) in [5.74, 6) is 0.712. The van der Waals surface area contributed by atoms with Crippen molar-refractivity contribution in [3.8, 4) is 0 Å². The molecule has 25 heavy (non-hydrogen) atoms. The Morgan fingerprint density at radius 2 is 2.04 bits per heavy atom. The first-order valence-corrected chi connectivity index (χ1v) is 10.3. The summed E-state index contributed by atoms with van der Waals surface area (Å²) in [6, 6.07) is 0.0832. The molecule has 0 bridgehead atoms. The average Bonchev–Trinajstić information content (AvgIpc) is 3.02. The normalized spacial score (nSPS) is 21.8. The number of rotatable bonds is 4. The van der Waals surface area contributed by atoms with Gasteiger partial charge < -0.3 is 10.2 Å². The molecule has 2 heterocycles. The third kappa shape index (κ3) is 5.42. The Morgan fingerprint density at radius 1 is 1.24 bits per heavy atom. The maximum absolute atomic E-state index is 12.4. The van der Waals surface area contributed by atoms with Gasteiger partial charge in [0.05, 0.1) is 12.1 Å². The molecule has 1 atom stereocenters. The van der Waals surface area contributed by atoms with Crippen molar-refractivity contribution in [1.82, 2.24) is 15.2 Å². The zero-order valence-corrected chi connectivity index (χ0v) is 15.7. The number of nitrogens with zero attached hydrogens (tertiary/aromatic N) is 2. The smallest absolute Gasteiger partial charge is 0.321 e. The Labute approximate surface area is 153 Å². The molecule has 3 amide bonds. The lowest BCUT2D eigenvalue weighted by molar-refractivity contribution is -0.132. The van der Waals surface area contributed by atoms with E-state index in [4.69, 9.17) is 0 Å². The Morgan fingerprint density at radius 3 is 2.80 bits per heavy atom. The summed E-state index contributed by atoms with van der Waals surface area (Å²) >= 11 is 1.38. The number of urea groups is 1. The number of carbonyl (C=O) groups is 2. The standard InChI is InChI=1S/C18H28N4O2S/c1-13-6-5-9-22(11-13)16(23)10-15-12-25-18(20-15)21-17(24)19-14-7-3-2-4-8-14/h12-14H,2-11H2,1H3,(H2,19,20,21,24). The molecule has 1 unspecified atom stereocenters. The first kappa shape index (κ1) is 18.2. The maximum Gasteiger partial charge on any atom is 0.321 e. The second-order valence-electron chi connectivity index (χ2n) is 7.34. The number of likely N-dealkylation sites (tertiary alicyclic amines) is 1. The molecule has 1 saturated carbocycles. The monoisotopic (exact) mass is 364 g/mol. The molecule has 7 heteroatoms. The fourth-order valence-electron chi connectivity index (χ4n) is 3.69. The van der Waals surface area contributed by atoms with Crippen molar-refractivity contribution in [2.45, 2.75) is 64.3 Å². The van der Waals surface area contributed by atoms with Crippen LogP contribution in [0.1, 0.15) is 57.6 Å². The predicted molar refractivity (Wildman–Crippen MR) is 99.8 cm³/mol. The van der Waals surface area contributed by atoms with E-state index in [1.165, 1.54) is 37.0 Å². The highest BCUT2D eigenvalue weighted by Gasteiger charge is 2.22. The largest absolute Gasteiger partial charge is 0.342 e. The van der Waals surface area contributed by atoms with Gasteiger partial charge in [0.15, 0.2) is 5.13 Å². The SMILES string of the molecule is CC1CCCN(C(=O)Cc2csc(NC(=O)NC3CCCCC3)n2)C1. The molecular formula is C18H28N4O2S. The van der Waals surface area contributed by atoms with Crippen LogP contribution in [0.4, 0.5) is 9.93 Å². The molecule has 6 nitrogen and oxygen atoms in total. The van der Waals surface area contributed by atoms with Crippen LogP contribution in [0.3, 0.4) is 0 Å². The quantitative estimate of drug-likeness (QED) is 0.860. The third-order valence-corrected chi connectivity index (χ3v) is 5.86. The third-order valence-electron chi connectivity index (χ3n) is 5.05. The van der Waals surface area contributed by atoms with Gasteiger partial charge in [-0.05, 0) is 31.6 Å². The molecular weight excluding hydrogens is 336 g/mol. The molecule has 0 spiro atoms. The summed E-state index contributed by atoms with van der Waals surface area (Å²) in [7, 11) is 0. The molecule has 0 radical (unpaired) electrons. The minimum Gasteiger partial charge on any atom is -0.342 e. The number of anilines is 1. The van der Waals surface area contributed by atoms with Gasteiger partial charge >= 0.3 is 6.03 Å². The van der Waals surface area contributed by atoms with Crippen molar-refractivity contribution in [2.75, 3.05) is 18.4 Å². The Bertz CT molecular complexity index is 598. The summed E-state index contributed by atoms with van der Waals surface area (Å²) in [5.41, 5.74) is 0.737. The van der Waals surface area contributed by atoms with Gasteiger partial charge in [-0.3, -0.25) is 10.1 Å². The molecule has 1 aliphatic heterocycles. The van der Waals surface area contributed by atoms with E-state index in [0.29, 0.717) is 17.5 Å². The zero-order valence-electron chi connectivity index (χ0n) is 14.9. The molecule has 1 aromatic rings. The van der Waals surface area contributed by atoms with Crippen LogP contribution in [0.25, 0.3) is 0 Å². The lowest BCUT2D eigenvalue weighted by Gasteiger charge is -2.30. The predicted octanol–water partition coefficient (Wildman–Crippen LogP) is 3.40. The molecule has 1 aromatic heterocycles. The lowest BCUT2D eigenvalue weighted by atomic mass is 9.96. The Kier molecular flexibility index (Phi) is 6.29. The highest BCUT2D eigenvalue weighted by molar-refractivity contribution is 7.13. The van der Waals surface area contributed by atoms with E-state index < -0.39 is 0 Å². The highest BCUT2D eigenvalue weighted by atomic mass is 32.1. The van der Waals surface area contributed by atoms with Crippen LogP contribution in [0.15, 0.2) is 5.38 Å². The number of hydrogen-bond acceptors (Lipinski definition) is 4. The number of aromatic nitrogens is 1. The van der Waals surface area contributed by atoms with Crippen LogP contribution in [0.2, 0.25) is 0 Å². The van der Waals surface area contributed by atoms with Crippen molar-refractivity contribution in [1.29, 1.82) is 0 Å². The van der Waals surface area contributed by atoms with Crippen LogP contribution in [0.5, 0.6) is 0 Å². The van der Waals surface area contributed by atoms with E-state index >= 15 is 0 Å². The minimum atomic E-state index is -0.191. The zero-order chi connectivity index (χ0) is 17.6. The van der Waals surface area contributed by atoms with Crippen LogP contribution >= 0.6 is 11.3 Å². The number of hydrogen-bond donors (Lipinski definition) is 2. The van der Waals surface area contributed by atoms with Gasteiger partial charge in [0, 0.05) is 24.5 Å². The van der Waals surface area contributed by atoms with E-state index in [-0.39, 0.29) is 18.0 Å². The maximum atomic E-state index is 12.4. The number of amides is 3. The van der Waals surface area contributed by atoms with E-state index in [0.717, 1.165) is 38.0 Å². The van der Waals surface area contributed by atoms with E-state index in [9.17, 15) is 9.59 Å². The van der Waals surface area contributed by atoms with Crippen LogP contribution in [-0.2, 0) is 11.2 Å². The van der Waals surface area contributed by atoms with Crippen molar-refractivity contribution < 1.29 is 9.59 Å². The first-order valence-electron chi connectivity index (χ1n) is 9.40. The summed E-state index contributed by atoms with van der Waals surface area (Å²) < 4.78 is 0. The molecule has 138 valence electrons. The molecule has 3 rings (SSSR count). The summed E-state index contributed by atoms with van der Waals surface area (Å²) in [4.78, 5) is 30.8. The Hall–Kier alpha value is -1.63. The van der Waals surface area contributed by atoms with E-state index in [2.05, 4.69) is 22.5 Å². The van der Waals surface area contributed by atoms with Gasteiger partial charge in [0.25, 0.3) is 0 Å². The fraction of sp³-hybridized carbons (Fsp3) is 0.722. The first-order chi connectivity index (χ1) is 12.1. The lowest BCUT2D eigenvalue weighted by Crippen LogP contribution is -2.40. The Balaban J connectivity index is 1.46. The van der Waals surface area contributed by atoms with Crippen LogP contribution < -0.4 is 10.6 Å². The van der Waals surface area contributed by atoms with Gasteiger partial charge in [0.1, 0.15) is 0 Å². The molecule has 1 saturated heterocycles. The van der Waals surface area contributed by atoms with Gasteiger partial charge in [-0.15, -0.1) is 11.3 Å². The number of piperidine rings is 1. The second kappa shape index (κ2) is 8.65. The molecule has 2 aliphatic rings. The summed E-state index contributed by atoms with van der Waals surface area (Å²) in [6.45, 7) is 3.88. The van der Waals surface area contributed by atoms with Gasteiger partial charge in [-0.25, -0.2) is 9.78 Å². The van der Waals surface area contributed by atoms with Crippen molar-refractivity contribution in [3.05, 3.63) is 11.1 Å². The summed E-state index contributed by atoms with van der Waals surface area (Å²) in [6.07, 6.45) is 8.34. The number of carbonyl (C=O) groups excluding carboxylic acids is 2. The van der Waals surface area contributed by atoms with Crippen molar-refractivity contribution in [2.24, 2.45) is 5.92 Å². The topological polar surface area (TPSA) is 74.3 Å². The van der Waals surface area contributed by atoms with Gasteiger partial charge in [0.2, 0.25) is 5.91 Å². The highest BCUT2D eigenvalue weighted by Crippen LogP contribution is 2.20. The van der Waals surface area contributed by atoms with Crippen LogP contribution in [0, 0.1) is 5.92 Å². The van der Waals surface area contributed by atoms with E-state index in [1.807, 2.05) is 10.3 Å². The molecule has 2 N–H and O–H groups in total. The molecule has 1 aliphatic carbocycles. The van der Waals surface area contributed by atoms with Crippen molar-refractivity contribution >= 4 is 28.4 Å².